The van der Waals surface area contributed by atoms with Gasteiger partial charge < -0.3 is 4.74 Å². The summed E-state index contributed by atoms with van der Waals surface area (Å²) in [7, 11) is 0. The Hall–Kier alpha value is -1.27. The smallest absolute Gasteiger partial charge is 0.123 e. The molecular weight excluding hydrogens is 347 g/mol. The van der Waals surface area contributed by atoms with E-state index in [4.69, 9.17) is 4.74 Å². The van der Waals surface area contributed by atoms with Crippen LogP contribution in [0.15, 0.2) is 36.4 Å². The van der Waals surface area contributed by atoms with Crippen molar-refractivity contribution >= 4 is 11.3 Å². The van der Waals surface area contributed by atoms with E-state index in [0.29, 0.717) is 6.10 Å². The molecule has 3 nitrogen and oxygen atoms in total. The number of hydrogen-bond acceptors (Lipinski definition) is 4. The van der Waals surface area contributed by atoms with Crippen molar-refractivity contribution in [3.63, 3.8) is 0 Å². The van der Waals surface area contributed by atoms with Crippen LogP contribution in [-0.4, -0.2) is 42.6 Å². The SMILES string of the molecule is Fc1cccc(CN2CCN(Cc3ccc([C@H]4CCCCO4)s3)CC2)c1. The predicted molar refractivity (Wildman–Crippen MR) is 104 cm³/mol. The minimum Gasteiger partial charge on any atom is -0.373 e. The third kappa shape index (κ3) is 4.71. The molecule has 0 saturated carbocycles. The van der Waals surface area contributed by atoms with Gasteiger partial charge in [0, 0.05) is 55.6 Å². The summed E-state index contributed by atoms with van der Waals surface area (Å²) < 4.78 is 19.2. The summed E-state index contributed by atoms with van der Waals surface area (Å²) in [5, 5.41) is 0. The Labute approximate surface area is 159 Å². The normalized spacial score (nSPS) is 22.6. The van der Waals surface area contributed by atoms with Gasteiger partial charge in [-0.25, -0.2) is 4.39 Å². The zero-order valence-corrected chi connectivity index (χ0v) is 16.0. The fourth-order valence-corrected chi connectivity index (χ4v) is 4.98. The number of piperazine rings is 1. The first kappa shape index (κ1) is 18.1. The molecule has 0 radical (unpaired) electrons. The summed E-state index contributed by atoms with van der Waals surface area (Å²) in [6, 6.07) is 11.5. The average Bonchev–Trinajstić information content (AvgIpc) is 3.13. The zero-order valence-electron chi connectivity index (χ0n) is 15.2. The summed E-state index contributed by atoms with van der Waals surface area (Å²) in [6.45, 7) is 7.01. The highest BCUT2D eigenvalue weighted by Gasteiger charge is 2.20. The van der Waals surface area contributed by atoms with Gasteiger partial charge in [-0.2, -0.15) is 0 Å². The first-order valence-electron chi connectivity index (χ1n) is 9.66. The van der Waals surface area contributed by atoms with E-state index in [1.807, 2.05) is 17.4 Å². The van der Waals surface area contributed by atoms with E-state index in [1.165, 1.54) is 35.1 Å². The van der Waals surface area contributed by atoms with Crippen molar-refractivity contribution in [2.75, 3.05) is 32.8 Å². The summed E-state index contributed by atoms with van der Waals surface area (Å²) in [6.07, 6.45) is 3.98. The average molecular weight is 375 g/mol. The number of ether oxygens (including phenoxy) is 1. The van der Waals surface area contributed by atoms with Gasteiger partial charge in [-0.1, -0.05) is 12.1 Å². The van der Waals surface area contributed by atoms with Crippen molar-refractivity contribution in [2.24, 2.45) is 0 Å². The molecule has 1 atom stereocenters. The van der Waals surface area contributed by atoms with Crippen molar-refractivity contribution in [3.05, 3.63) is 57.5 Å². The molecule has 5 heteroatoms. The van der Waals surface area contributed by atoms with E-state index in [-0.39, 0.29) is 5.82 Å². The van der Waals surface area contributed by atoms with Crippen LogP contribution in [0, 0.1) is 5.82 Å². The van der Waals surface area contributed by atoms with Crippen molar-refractivity contribution in [1.82, 2.24) is 9.80 Å². The van der Waals surface area contributed by atoms with E-state index in [0.717, 1.165) is 51.4 Å². The standard InChI is InChI=1S/C21H27FN2OS/c22-18-5-3-4-17(14-18)15-23-9-11-24(12-10-23)16-19-7-8-21(26-19)20-6-1-2-13-25-20/h3-5,7-8,14,20H,1-2,6,9-13,15-16H2/t20-/m1/s1. The molecule has 0 N–H and O–H groups in total. The molecule has 2 saturated heterocycles. The molecule has 2 fully saturated rings. The second-order valence-electron chi connectivity index (χ2n) is 7.34. The van der Waals surface area contributed by atoms with Crippen LogP contribution in [0.2, 0.25) is 0 Å². The molecule has 0 unspecified atom stereocenters. The van der Waals surface area contributed by atoms with Gasteiger partial charge in [-0.05, 0) is 49.1 Å². The van der Waals surface area contributed by atoms with Gasteiger partial charge in [0.2, 0.25) is 0 Å². The Kier molecular flexibility index (Phi) is 6.00. The van der Waals surface area contributed by atoms with Crippen LogP contribution in [0.5, 0.6) is 0 Å². The fourth-order valence-electron chi connectivity index (χ4n) is 3.84. The highest BCUT2D eigenvalue weighted by atomic mass is 32.1. The maximum absolute atomic E-state index is 13.3. The third-order valence-electron chi connectivity index (χ3n) is 5.32. The van der Waals surface area contributed by atoms with Crippen LogP contribution in [0.25, 0.3) is 0 Å². The fraction of sp³-hybridized carbons (Fsp3) is 0.524. The number of halogens is 1. The number of thiophene rings is 1. The van der Waals surface area contributed by atoms with Gasteiger partial charge in [0.05, 0.1) is 6.10 Å². The first-order valence-corrected chi connectivity index (χ1v) is 10.5. The van der Waals surface area contributed by atoms with Crippen molar-refractivity contribution in [2.45, 2.75) is 38.5 Å². The van der Waals surface area contributed by atoms with Crippen LogP contribution in [0.1, 0.15) is 40.7 Å². The van der Waals surface area contributed by atoms with Gasteiger partial charge in [0.25, 0.3) is 0 Å². The monoisotopic (exact) mass is 374 g/mol. The Balaban J connectivity index is 1.25. The molecule has 1 aromatic heterocycles. The Morgan fingerprint density at radius 2 is 1.81 bits per heavy atom. The molecule has 140 valence electrons. The van der Waals surface area contributed by atoms with Crippen LogP contribution in [-0.2, 0) is 17.8 Å². The van der Waals surface area contributed by atoms with Crippen LogP contribution >= 0.6 is 11.3 Å². The molecule has 0 aliphatic carbocycles. The van der Waals surface area contributed by atoms with Crippen LogP contribution in [0.3, 0.4) is 0 Å². The lowest BCUT2D eigenvalue weighted by Gasteiger charge is -2.34. The molecule has 0 amide bonds. The lowest BCUT2D eigenvalue weighted by molar-refractivity contribution is 0.0172. The van der Waals surface area contributed by atoms with Gasteiger partial charge in [0.1, 0.15) is 5.82 Å². The van der Waals surface area contributed by atoms with Gasteiger partial charge in [0.15, 0.2) is 0 Å². The number of rotatable bonds is 5. The van der Waals surface area contributed by atoms with E-state index in [1.54, 1.807) is 12.1 Å². The van der Waals surface area contributed by atoms with Crippen molar-refractivity contribution in [1.29, 1.82) is 0 Å². The predicted octanol–water partition coefficient (Wildman–Crippen LogP) is 4.45. The minimum atomic E-state index is -0.142. The Morgan fingerprint density at radius 3 is 2.54 bits per heavy atom. The molecule has 0 bridgehead atoms. The van der Waals surface area contributed by atoms with E-state index < -0.39 is 0 Å². The highest BCUT2D eigenvalue weighted by molar-refractivity contribution is 7.12. The quantitative estimate of drug-likeness (QED) is 0.769. The van der Waals surface area contributed by atoms with Crippen molar-refractivity contribution in [3.8, 4) is 0 Å². The van der Waals surface area contributed by atoms with Gasteiger partial charge in [-0.3, -0.25) is 9.80 Å². The topological polar surface area (TPSA) is 15.7 Å². The Morgan fingerprint density at radius 1 is 1.00 bits per heavy atom. The van der Waals surface area contributed by atoms with Gasteiger partial charge >= 0.3 is 0 Å². The zero-order chi connectivity index (χ0) is 17.8. The maximum Gasteiger partial charge on any atom is 0.123 e. The molecule has 2 aliphatic rings. The number of benzene rings is 1. The number of hydrogen-bond donors (Lipinski definition) is 0. The molecule has 2 aromatic rings. The molecule has 0 spiro atoms. The van der Waals surface area contributed by atoms with Crippen LogP contribution < -0.4 is 0 Å². The summed E-state index contributed by atoms with van der Waals surface area (Å²) in [4.78, 5) is 7.78. The lowest BCUT2D eigenvalue weighted by Crippen LogP contribution is -2.45. The molecule has 3 heterocycles. The second-order valence-corrected chi connectivity index (χ2v) is 8.54. The maximum atomic E-state index is 13.3. The molecular formula is C21H27FN2OS. The molecule has 1 aromatic carbocycles. The van der Waals surface area contributed by atoms with E-state index in [2.05, 4.69) is 21.9 Å². The summed E-state index contributed by atoms with van der Waals surface area (Å²) in [5.74, 6) is -0.142. The first-order chi connectivity index (χ1) is 12.8. The molecule has 26 heavy (non-hydrogen) atoms. The minimum absolute atomic E-state index is 0.142. The number of nitrogens with zero attached hydrogens (tertiary/aromatic N) is 2. The highest BCUT2D eigenvalue weighted by Crippen LogP contribution is 2.33. The molecule has 2 aliphatic heterocycles. The largest absolute Gasteiger partial charge is 0.373 e. The second kappa shape index (κ2) is 8.61. The Bertz CT molecular complexity index is 706. The van der Waals surface area contributed by atoms with E-state index in [9.17, 15) is 4.39 Å². The summed E-state index contributed by atoms with van der Waals surface area (Å²) in [5.41, 5.74) is 1.06. The molecule has 4 rings (SSSR count). The lowest BCUT2D eigenvalue weighted by atomic mass is 10.1. The van der Waals surface area contributed by atoms with Crippen molar-refractivity contribution < 1.29 is 9.13 Å². The van der Waals surface area contributed by atoms with Crippen LogP contribution in [0.4, 0.5) is 4.39 Å². The third-order valence-corrected chi connectivity index (χ3v) is 6.48. The summed E-state index contributed by atoms with van der Waals surface area (Å²) >= 11 is 1.92. The van der Waals surface area contributed by atoms with E-state index >= 15 is 0 Å². The van der Waals surface area contributed by atoms with Gasteiger partial charge in [-0.15, -0.1) is 11.3 Å².